The monoisotopic (exact) mass is 1270 g/mol. The van der Waals surface area contributed by atoms with Crippen molar-refractivity contribution >= 4 is 79.0 Å². The van der Waals surface area contributed by atoms with Crippen LogP contribution in [0, 0.1) is 40.9 Å². The predicted octanol–water partition coefficient (Wildman–Crippen LogP) is 7.61. The van der Waals surface area contributed by atoms with Crippen molar-refractivity contribution in [1.29, 1.82) is 0 Å². The Balaban J connectivity index is 1.68. The number of esters is 4. The van der Waals surface area contributed by atoms with Crippen LogP contribution < -0.4 is 0 Å². The van der Waals surface area contributed by atoms with Gasteiger partial charge in [-0.3, -0.25) is 33.6 Å². The van der Waals surface area contributed by atoms with Gasteiger partial charge in [0.05, 0.1) is 24.4 Å². The van der Waals surface area contributed by atoms with Gasteiger partial charge >= 0.3 is 23.9 Å². The molecule has 0 aromatic heterocycles. The number of rotatable bonds is 14. The van der Waals surface area contributed by atoms with E-state index in [4.69, 9.17) is 37.9 Å². The van der Waals surface area contributed by atoms with Crippen LogP contribution in [0.4, 0.5) is 0 Å². The van der Waals surface area contributed by atoms with Gasteiger partial charge in [-0.2, -0.15) is 0 Å². The summed E-state index contributed by atoms with van der Waals surface area (Å²) in [5.74, 6) is -10.9. The second kappa shape index (κ2) is 32.9. The lowest BCUT2D eigenvalue weighted by Gasteiger charge is -2.42. The van der Waals surface area contributed by atoms with Crippen molar-refractivity contribution < 1.29 is 86.5 Å². The fraction of sp³-hybridized carbons (Fsp3) is 0.733. The third-order valence-electron chi connectivity index (χ3n) is 16.5. The number of methoxy groups -OCH3 is 3. The van der Waals surface area contributed by atoms with Gasteiger partial charge in [-0.1, -0.05) is 103 Å². The van der Waals surface area contributed by atoms with Crippen molar-refractivity contribution in [2.75, 3.05) is 51.7 Å². The number of alkyl halides is 2. The fourth-order valence-electron chi connectivity index (χ4n) is 11.2. The minimum absolute atomic E-state index is 0.0188. The quantitative estimate of drug-likeness (QED) is 0.0734. The molecule has 21 heteroatoms. The molecule has 0 aromatic carbocycles. The van der Waals surface area contributed by atoms with E-state index in [9.17, 15) is 48.6 Å². The molecule has 3 fully saturated rings. The average Bonchev–Trinajstić information content (AvgIpc) is 3.46. The van der Waals surface area contributed by atoms with E-state index in [1.54, 1.807) is 40.9 Å². The van der Waals surface area contributed by atoms with Crippen molar-refractivity contribution in [2.45, 2.75) is 187 Å². The first kappa shape index (κ1) is 69.5. The normalized spacial score (nSPS) is 32.7. The Hall–Kier alpha value is -3.96. The molecule has 19 nitrogen and oxygen atoms in total. The van der Waals surface area contributed by atoms with Crippen LogP contribution >= 0.6 is 31.9 Å². The summed E-state index contributed by atoms with van der Waals surface area (Å²) in [5.41, 5.74) is -0.452. The number of Topliss-reactive ketones (excluding diaryl/α,β-unsaturated/α-hetero) is 3. The highest BCUT2D eigenvalue weighted by molar-refractivity contribution is 9.09. The molecule has 2 bridgehead atoms. The van der Waals surface area contributed by atoms with E-state index >= 15 is 0 Å². The van der Waals surface area contributed by atoms with Gasteiger partial charge in [0, 0.05) is 58.5 Å². The highest BCUT2D eigenvalue weighted by Crippen LogP contribution is 2.39. The number of ketones is 3. The number of piperidine rings is 1. The van der Waals surface area contributed by atoms with Crippen LogP contribution in [0.2, 0.25) is 0 Å². The summed E-state index contributed by atoms with van der Waals surface area (Å²) in [6.45, 7) is 13.1. The number of nitrogens with zero attached hydrogens (tertiary/aromatic N) is 1. The lowest BCUT2D eigenvalue weighted by molar-refractivity contribution is -0.265. The molecule has 3 aliphatic heterocycles. The number of fused-ring (bicyclic) bond motifs is 3. The zero-order valence-electron chi connectivity index (χ0n) is 49.2. The molecule has 1 unspecified atom stereocenters. The van der Waals surface area contributed by atoms with E-state index in [2.05, 4.69) is 31.9 Å². The molecule has 1 amide bonds. The number of amides is 1. The maximum atomic E-state index is 14.7. The van der Waals surface area contributed by atoms with Crippen molar-refractivity contribution in [1.82, 2.24) is 4.90 Å². The van der Waals surface area contributed by atoms with Crippen LogP contribution in [-0.4, -0.2) is 169 Å². The minimum atomic E-state index is -2.49. The smallest absolute Gasteiger partial charge is 0.329 e. The summed E-state index contributed by atoms with van der Waals surface area (Å²) in [6, 6.07) is -1.23. The second-order valence-electron chi connectivity index (χ2n) is 23.1. The van der Waals surface area contributed by atoms with Gasteiger partial charge in [0.1, 0.15) is 53.6 Å². The number of aliphatic hydroxyl groups is 2. The first-order chi connectivity index (χ1) is 38.3. The van der Waals surface area contributed by atoms with E-state index in [0.717, 1.165) is 10.5 Å². The Bertz CT molecular complexity index is 2280. The Morgan fingerprint density at radius 2 is 1.51 bits per heavy atom. The van der Waals surface area contributed by atoms with Crippen LogP contribution in [0.25, 0.3) is 0 Å². The summed E-state index contributed by atoms with van der Waals surface area (Å²) >= 11 is 6.08. The lowest BCUT2D eigenvalue weighted by atomic mass is 9.78. The van der Waals surface area contributed by atoms with E-state index in [0.29, 0.717) is 57.8 Å². The molecule has 15 atom stereocenters. The number of ether oxygens (including phenoxy) is 8. The summed E-state index contributed by atoms with van der Waals surface area (Å²) < 4.78 is 46.4. The molecule has 456 valence electrons. The van der Waals surface area contributed by atoms with Crippen molar-refractivity contribution in [2.24, 2.45) is 40.9 Å². The first-order valence-electron chi connectivity index (χ1n) is 28.4. The summed E-state index contributed by atoms with van der Waals surface area (Å²) in [5, 5.41) is 23.4. The number of halogens is 2. The number of carbonyl (C=O) groups is 8. The van der Waals surface area contributed by atoms with Crippen LogP contribution in [0.3, 0.4) is 0 Å². The fourth-order valence-corrected chi connectivity index (χ4v) is 11.6. The van der Waals surface area contributed by atoms with Crippen molar-refractivity contribution in [3.8, 4) is 0 Å². The number of carbonyl (C=O) groups excluding carboxylic acids is 8. The summed E-state index contributed by atoms with van der Waals surface area (Å²) in [6.07, 6.45) is 9.11. The molecular formula is C60H89Br2NO18. The van der Waals surface area contributed by atoms with Gasteiger partial charge in [-0.15, -0.1) is 0 Å². The molecule has 1 aliphatic carbocycles. The van der Waals surface area contributed by atoms with Gasteiger partial charge in [-0.25, -0.2) is 4.79 Å². The number of hydrogen-bond donors (Lipinski definition) is 2. The summed E-state index contributed by atoms with van der Waals surface area (Å²) in [4.78, 5) is 111. The molecule has 0 aromatic rings. The number of allylic oxidation sites excluding steroid dienone is 6. The third-order valence-corrected chi connectivity index (χ3v) is 17.5. The Labute approximate surface area is 495 Å². The number of aliphatic hydroxyl groups excluding tert-OH is 1. The predicted molar refractivity (Wildman–Crippen MR) is 307 cm³/mol. The maximum Gasteiger partial charge on any atom is 0.329 e. The highest BCUT2D eigenvalue weighted by Gasteiger charge is 2.53. The third kappa shape index (κ3) is 19.5. The Morgan fingerprint density at radius 1 is 0.840 bits per heavy atom. The number of hydrogen-bond acceptors (Lipinski definition) is 18. The molecule has 4 aliphatic rings. The van der Waals surface area contributed by atoms with Crippen LogP contribution in [-0.2, 0) is 76.3 Å². The van der Waals surface area contributed by atoms with Crippen LogP contribution in [0.15, 0.2) is 47.6 Å². The highest BCUT2D eigenvalue weighted by atomic mass is 79.9. The molecular weight excluding hydrogens is 1180 g/mol. The van der Waals surface area contributed by atoms with Gasteiger partial charge < -0.3 is 53.0 Å². The van der Waals surface area contributed by atoms with E-state index in [1.807, 2.05) is 51.2 Å². The van der Waals surface area contributed by atoms with E-state index in [1.165, 1.54) is 21.1 Å². The largest absolute Gasteiger partial charge is 0.464 e. The van der Waals surface area contributed by atoms with E-state index < -0.39 is 138 Å². The van der Waals surface area contributed by atoms with Gasteiger partial charge in [0.25, 0.3) is 11.7 Å². The summed E-state index contributed by atoms with van der Waals surface area (Å²) in [7, 11) is 4.41. The molecule has 81 heavy (non-hydrogen) atoms. The molecule has 2 saturated heterocycles. The van der Waals surface area contributed by atoms with Gasteiger partial charge in [-0.05, 0) is 114 Å². The molecule has 2 N–H and O–H groups in total. The maximum absolute atomic E-state index is 14.7. The second-order valence-corrected chi connectivity index (χ2v) is 24.2. The lowest BCUT2D eigenvalue weighted by Crippen LogP contribution is -2.61. The van der Waals surface area contributed by atoms with Crippen LogP contribution in [0.5, 0.6) is 0 Å². The zero-order chi connectivity index (χ0) is 60.4. The number of cyclic esters (lactones) is 1. The molecule has 1 saturated carbocycles. The van der Waals surface area contributed by atoms with Crippen molar-refractivity contribution in [3.63, 3.8) is 0 Å². The Morgan fingerprint density at radius 3 is 2.12 bits per heavy atom. The SMILES string of the molecule is CO[C@H]1C[C@@H]2CC[C@@H](C)[C@@](O)(O2)C(=O)C(=O)N2CCCC[C@H]2C(=O)O[C@H]([C@H](C)C[C@@H]2CC[C@@H](OC(=O)C(C)(COC(=O)CBr)COC(=O)CBr)[C@H](OC)C2)CC(=O)C(C)=CC(C)[C@@H](O)[C@@H](OC)C(=O)[C@H](C)C[C@H](C)C=CC=CC=C1C. The molecule has 0 spiro atoms. The van der Waals surface area contributed by atoms with Gasteiger partial charge in [0.2, 0.25) is 5.79 Å². The molecule has 0 radical (unpaired) electrons. The average molecular weight is 1270 g/mol. The van der Waals surface area contributed by atoms with Gasteiger partial charge in [0.15, 0.2) is 11.6 Å². The topological polar surface area (TPSA) is 254 Å². The zero-order valence-corrected chi connectivity index (χ0v) is 52.4. The van der Waals surface area contributed by atoms with E-state index in [-0.39, 0.29) is 59.7 Å². The Kier molecular flexibility index (Phi) is 28.3. The minimum Gasteiger partial charge on any atom is -0.464 e. The van der Waals surface area contributed by atoms with Crippen molar-refractivity contribution in [3.05, 3.63) is 47.6 Å². The molecule has 4 rings (SSSR count). The first-order valence-corrected chi connectivity index (χ1v) is 30.7. The van der Waals surface area contributed by atoms with Crippen LogP contribution in [0.1, 0.15) is 132 Å². The molecule has 3 heterocycles. The standard InChI is InChI=1S/C60H89Br2NO18/c1-35-17-13-12-14-18-36(2)47(74-9)29-43-22-20-41(7)60(73,81-43)55(69)56(70)63-24-16-15-19-44(63)57(71)79-48(30-45(64)37(3)26-40(6)53(68)54(76-11)52(67)39(5)25-35)38(4)27-42-21-23-46(49(28-42)75-10)80-58(72)59(8,33-77-50(65)31-61)34-78-51(66)32-62/h12-14,17-18,26,35,38-44,46-49,53-54,68,73H,15-16,19-25,27-34H2,1-11H3/t35-,38-,39-,40?,41-,42+,43+,44+,46-,47+,48+,49-,53-,54+,60-/m1/s1.